The molecule has 2 aromatic heterocycles. The van der Waals surface area contributed by atoms with Crippen LogP contribution in [0.5, 0.6) is 0 Å². The molecular formula is C22H14N6O4. The summed E-state index contributed by atoms with van der Waals surface area (Å²) in [5, 5.41) is 29.9. The first-order chi connectivity index (χ1) is 15.5. The molecule has 0 aliphatic carbocycles. The van der Waals surface area contributed by atoms with Crippen LogP contribution in [0.25, 0.3) is 44.9 Å². The highest BCUT2D eigenvalue weighted by molar-refractivity contribution is 5.92. The zero-order valence-corrected chi connectivity index (χ0v) is 16.4. The van der Waals surface area contributed by atoms with Crippen molar-refractivity contribution in [3.8, 4) is 33.9 Å². The molecule has 3 aromatic carbocycles. The lowest BCUT2D eigenvalue weighted by Crippen LogP contribution is -1.91. The van der Waals surface area contributed by atoms with Gasteiger partial charge in [0.15, 0.2) is 0 Å². The van der Waals surface area contributed by atoms with Gasteiger partial charge in [-0.2, -0.15) is 5.10 Å². The topological polar surface area (TPSA) is 144 Å². The van der Waals surface area contributed by atoms with E-state index in [0.29, 0.717) is 33.9 Å². The number of H-pyrrole nitrogens is 2. The van der Waals surface area contributed by atoms with E-state index in [9.17, 15) is 20.2 Å². The standard InChI is InChI=1S/C22H14N6O4/c29-27(30)15-7-3-5-13(11-15)20-19(22-23-17-9-1-2-10-18(17)24-22)21(26-25-20)14-6-4-8-16(12-14)28(31)32/h1-12H,(H,23,24)(H,25,26). The first-order valence-electron chi connectivity index (χ1n) is 9.54. The Morgan fingerprint density at radius 3 is 2.12 bits per heavy atom. The SMILES string of the molecule is O=[N+]([O-])c1cccc(-c2n[nH]c(-c3cccc([N+](=O)[O-])c3)c2-c2nc3ccccc3[nH]2)c1. The fourth-order valence-corrected chi connectivity index (χ4v) is 3.60. The molecule has 0 aliphatic rings. The lowest BCUT2D eigenvalue weighted by molar-refractivity contribution is -0.385. The number of nitro groups is 2. The Bertz CT molecular complexity index is 1400. The summed E-state index contributed by atoms with van der Waals surface area (Å²) >= 11 is 0. The Hall–Kier alpha value is -4.86. The number of imidazole rings is 1. The van der Waals surface area contributed by atoms with Crippen molar-refractivity contribution in [1.82, 2.24) is 20.2 Å². The number of aromatic amines is 2. The van der Waals surface area contributed by atoms with Gasteiger partial charge in [0.2, 0.25) is 0 Å². The zero-order valence-electron chi connectivity index (χ0n) is 16.4. The molecule has 0 fully saturated rings. The highest BCUT2D eigenvalue weighted by Crippen LogP contribution is 2.39. The molecule has 10 heteroatoms. The van der Waals surface area contributed by atoms with Crippen LogP contribution in [0.1, 0.15) is 0 Å². The average molecular weight is 426 g/mol. The molecule has 5 aromatic rings. The number of non-ortho nitro benzene ring substituents is 2. The summed E-state index contributed by atoms with van der Waals surface area (Å²) in [5.41, 5.74) is 3.96. The molecular weight excluding hydrogens is 412 g/mol. The molecule has 2 N–H and O–H groups in total. The van der Waals surface area contributed by atoms with Gasteiger partial charge in [-0.05, 0) is 12.1 Å². The van der Waals surface area contributed by atoms with Gasteiger partial charge in [0.05, 0.1) is 32.1 Å². The van der Waals surface area contributed by atoms with Crippen LogP contribution < -0.4 is 0 Å². The largest absolute Gasteiger partial charge is 0.338 e. The van der Waals surface area contributed by atoms with E-state index >= 15 is 0 Å². The predicted octanol–water partition coefficient (Wildman–Crippen LogP) is 5.10. The van der Waals surface area contributed by atoms with Crippen molar-refractivity contribution >= 4 is 22.4 Å². The van der Waals surface area contributed by atoms with E-state index < -0.39 is 9.85 Å². The normalized spacial score (nSPS) is 11.0. The summed E-state index contributed by atoms with van der Waals surface area (Å²) < 4.78 is 0. The van der Waals surface area contributed by atoms with Crippen LogP contribution in [0.2, 0.25) is 0 Å². The molecule has 32 heavy (non-hydrogen) atoms. The monoisotopic (exact) mass is 426 g/mol. The third-order valence-electron chi connectivity index (χ3n) is 5.07. The fourth-order valence-electron chi connectivity index (χ4n) is 3.60. The number of para-hydroxylation sites is 2. The van der Waals surface area contributed by atoms with Crippen molar-refractivity contribution in [3.05, 3.63) is 93.0 Å². The maximum atomic E-state index is 11.3. The number of benzene rings is 3. The number of hydrogen-bond acceptors (Lipinski definition) is 6. The predicted molar refractivity (Wildman–Crippen MR) is 118 cm³/mol. The first-order valence-corrected chi connectivity index (χ1v) is 9.54. The highest BCUT2D eigenvalue weighted by atomic mass is 16.6. The van der Waals surface area contributed by atoms with Crippen LogP contribution in [-0.2, 0) is 0 Å². The number of aromatic nitrogens is 4. The molecule has 0 spiro atoms. The van der Waals surface area contributed by atoms with Gasteiger partial charge in [-0.3, -0.25) is 25.3 Å². The minimum Gasteiger partial charge on any atom is -0.338 e. The molecule has 0 aliphatic heterocycles. The van der Waals surface area contributed by atoms with Crippen molar-refractivity contribution < 1.29 is 9.85 Å². The smallest absolute Gasteiger partial charge is 0.270 e. The minimum atomic E-state index is -0.474. The maximum absolute atomic E-state index is 11.3. The summed E-state index contributed by atoms with van der Waals surface area (Å²) in [5.74, 6) is 0.489. The average Bonchev–Trinajstić information content (AvgIpc) is 3.43. The van der Waals surface area contributed by atoms with E-state index in [1.165, 1.54) is 24.3 Å². The molecule has 5 rings (SSSR count). The van der Waals surface area contributed by atoms with Gasteiger partial charge in [-0.15, -0.1) is 0 Å². The van der Waals surface area contributed by atoms with Crippen molar-refractivity contribution in [2.24, 2.45) is 0 Å². The summed E-state index contributed by atoms with van der Waals surface area (Å²) in [6.45, 7) is 0. The molecule has 10 nitrogen and oxygen atoms in total. The van der Waals surface area contributed by atoms with E-state index in [2.05, 4.69) is 20.2 Å². The number of nitro benzene ring substituents is 2. The second-order valence-electron chi connectivity index (χ2n) is 7.04. The van der Waals surface area contributed by atoms with E-state index in [-0.39, 0.29) is 11.4 Å². The Morgan fingerprint density at radius 2 is 1.44 bits per heavy atom. The van der Waals surface area contributed by atoms with Gasteiger partial charge >= 0.3 is 0 Å². The molecule has 2 heterocycles. The van der Waals surface area contributed by atoms with E-state index in [1.54, 1.807) is 24.3 Å². The van der Waals surface area contributed by atoms with Gasteiger partial charge in [0.25, 0.3) is 11.4 Å². The maximum Gasteiger partial charge on any atom is 0.270 e. The summed E-state index contributed by atoms with van der Waals surface area (Å²) in [4.78, 5) is 29.5. The highest BCUT2D eigenvalue weighted by Gasteiger charge is 2.23. The van der Waals surface area contributed by atoms with Gasteiger partial charge < -0.3 is 4.98 Å². The van der Waals surface area contributed by atoms with Crippen LogP contribution >= 0.6 is 0 Å². The molecule has 0 unspecified atom stereocenters. The lowest BCUT2D eigenvalue weighted by atomic mass is 10.0. The van der Waals surface area contributed by atoms with Crippen molar-refractivity contribution in [2.45, 2.75) is 0 Å². The van der Waals surface area contributed by atoms with Gasteiger partial charge in [-0.1, -0.05) is 36.4 Å². The van der Waals surface area contributed by atoms with Gasteiger partial charge in [0, 0.05) is 35.4 Å². The van der Waals surface area contributed by atoms with E-state index in [0.717, 1.165) is 11.0 Å². The summed E-state index contributed by atoms with van der Waals surface area (Å²) in [6, 6.07) is 19.8. The number of nitrogens with one attached hydrogen (secondary N) is 2. The third-order valence-corrected chi connectivity index (χ3v) is 5.07. The van der Waals surface area contributed by atoms with Crippen LogP contribution in [-0.4, -0.2) is 30.0 Å². The van der Waals surface area contributed by atoms with Crippen LogP contribution in [0.4, 0.5) is 11.4 Å². The minimum absolute atomic E-state index is 0.0652. The molecule has 0 atom stereocenters. The molecule has 0 bridgehead atoms. The summed E-state index contributed by atoms with van der Waals surface area (Å²) in [6.07, 6.45) is 0. The first kappa shape index (κ1) is 19.1. The van der Waals surface area contributed by atoms with Crippen LogP contribution in [0.15, 0.2) is 72.8 Å². The van der Waals surface area contributed by atoms with E-state index in [1.807, 2.05) is 24.3 Å². The fraction of sp³-hybridized carbons (Fsp3) is 0. The molecule has 156 valence electrons. The van der Waals surface area contributed by atoms with E-state index in [4.69, 9.17) is 0 Å². The Kier molecular flexibility index (Phi) is 4.44. The Morgan fingerprint density at radius 1 is 0.781 bits per heavy atom. The third kappa shape index (κ3) is 3.25. The number of rotatable bonds is 5. The Balaban J connectivity index is 1.77. The van der Waals surface area contributed by atoms with Crippen molar-refractivity contribution in [1.29, 1.82) is 0 Å². The number of hydrogen-bond donors (Lipinski definition) is 2. The number of nitrogens with zero attached hydrogens (tertiary/aromatic N) is 4. The summed E-state index contributed by atoms with van der Waals surface area (Å²) in [7, 11) is 0. The van der Waals surface area contributed by atoms with Crippen molar-refractivity contribution in [3.63, 3.8) is 0 Å². The van der Waals surface area contributed by atoms with Crippen LogP contribution in [0.3, 0.4) is 0 Å². The molecule has 0 radical (unpaired) electrons. The second-order valence-corrected chi connectivity index (χ2v) is 7.04. The Labute approximate surface area is 179 Å². The van der Waals surface area contributed by atoms with Crippen molar-refractivity contribution in [2.75, 3.05) is 0 Å². The second kappa shape index (κ2) is 7.43. The lowest BCUT2D eigenvalue weighted by Gasteiger charge is -2.05. The quantitative estimate of drug-likeness (QED) is 0.295. The molecule has 0 saturated carbocycles. The van der Waals surface area contributed by atoms with Gasteiger partial charge in [-0.25, -0.2) is 4.98 Å². The van der Waals surface area contributed by atoms with Gasteiger partial charge in [0.1, 0.15) is 11.5 Å². The zero-order chi connectivity index (χ0) is 22.2. The number of fused-ring (bicyclic) bond motifs is 1. The van der Waals surface area contributed by atoms with Crippen LogP contribution in [0, 0.1) is 20.2 Å². The molecule has 0 amide bonds. The molecule has 0 saturated heterocycles.